The third-order valence-corrected chi connectivity index (χ3v) is 5.03. The zero-order chi connectivity index (χ0) is 15.7. The molecule has 0 saturated heterocycles. The Balaban J connectivity index is 1.43. The molecule has 22 heavy (non-hydrogen) atoms. The second-order valence-electron chi connectivity index (χ2n) is 6.39. The van der Waals surface area contributed by atoms with Crippen molar-refractivity contribution in [2.45, 2.75) is 31.8 Å². The Labute approximate surface area is 134 Å². The van der Waals surface area contributed by atoms with Gasteiger partial charge in [-0.2, -0.15) is 0 Å². The minimum absolute atomic E-state index is 0.0106. The molecule has 0 aromatic heterocycles. The van der Waals surface area contributed by atoms with Gasteiger partial charge in [0.2, 0.25) is 0 Å². The van der Waals surface area contributed by atoms with Gasteiger partial charge in [-0.1, -0.05) is 17.7 Å². The molecule has 1 unspecified atom stereocenters. The van der Waals surface area contributed by atoms with Crippen LogP contribution in [0.4, 0.5) is 9.18 Å². The topological polar surface area (TPSA) is 61.4 Å². The number of benzene rings is 1. The molecule has 1 atom stereocenters. The van der Waals surface area contributed by atoms with Crippen molar-refractivity contribution in [3.05, 3.63) is 34.6 Å². The standard InChI is InChI=1S/C16H20ClFN2O2/c17-12-4-1-10(7-13(12)18)14(21)8-19-15(22)20-9-16(5-6-16)11-2-3-11/h1,4,7,11,14,21H,2-3,5-6,8-9H2,(H2,19,20,22). The first-order chi connectivity index (χ1) is 10.5. The van der Waals surface area contributed by atoms with Crippen molar-refractivity contribution in [1.82, 2.24) is 10.6 Å². The van der Waals surface area contributed by atoms with Crippen molar-refractivity contribution < 1.29 is 14.3 Å². The van der Waals surface area contributed by atoms with E-state index in [1.54, 1.807) is 6.07 Å². The lowest BCUT2D eigenvalue weighted by atomic mass is 10.0. The van der Waals surface area contributed by atoms with Gasteiger partial charge in [-0.25, -0.2) is 9.18 Å². The summed E-state index contributed by atoms with van der Waals surface area (Å²) in [6.07, 6.45) is 4.00. The monoisotopic (exact) mass is 326 g/mol. The zero-order valence-electron chi connectivity index (χ0n) is 12.2. The molecular formula is C16H20ClFN2O2. The Kier molecular flexibility index (Phi) is 4.28. The minimum atomic E-state index is -0.962. The van der Waals surface area contributed by atoms with Gasteiger partial charge in [-0.3, -0.25) is 0 Å². The van der Waals surface area contributed by atoms with Gasteiger partial charge in [-0.15, -0.1) is 0 Å². The predicted octanol–water partition coefficient (Wildman–Crippen LogP) is 3.00. The first-order valence-corrected chi connectivity index (χ1v) is 8.03. The molecule has 3 rings (SSSR count). The van der Waals surface area contributed by atoms with E-state index in [1.807, 2.05) is 0 Å². The molecule has 3 N–H and O–H groups in total. The highest BCUT2D eigenvalue weighted by Gasteiger charge is 2.53. The average Bonchev–Trinajstić information content (AvgIpc) is 3.37. The fraction of sp³-hybridized carbons (Fsp3) is 0.562. The number of rotatable bonds is 6. The van der Waals surface area contributed by atoms with Crippen molar-refractivity contribution in [3.8, 4) is 0 Å². The molecule has 0 bridgehead atoms. The third kappa shape index (κ3) is 3.52. The summed E-state index contributed by atoms with van der Waals surface area (Å²) < 4.78 is 13.3. The molecule has 2 amide bonds. The Hall–Kier alpha value is -1.33. The number of carbonyl (C=O) groups excluding carboxylic acids is 1. The molecule has 0 spiro atoms. The molecular weight excluding hydrogens is 307 g/mol. The summed E-state index contributed by atoms with van der Waals surface area (Å²) in [5, 5.41) is 15.5. The lowest BCUT2D eigenvalue weighted by Gasteiger charge is -2.17. The molecule has 0 heterocycles. The van der Waals surface area contributed by atoms with E-state index in [-0.39, 0.29) is 17.6 Å². The summed E-state index contributed by atoms with van der Waals surface area (Å²) in [7, 11) is 0. The van der Waals surface area contributed by atoms with Crippen molar-refractivity contribution in [1.29, 1.82) is 0 Å². The molecule has 4 nitrogen and oxygen atoms in total. The molecule has 120 valence electrons. The van der Waals surface area contributed by atoms with Gasteiger partial charge < -0.3 is 15.7 Å². The van der Waals surface area contributed by atoms with Gasteiger partial charge in [0, 0.05) is 13.1 Å². The van der Waals surface area contributed by atoms with E-state index in [2.05, 4.69) is 10.6 Å². The van der Waals surface area contributed by atoms with Crippen LogP contribution >= 0.6 is 11.6 Å². The largest absolute Gasteiger partial charge is 0.387 e. The molecule has 6 heteroatoms. The van der Waals surface area contributed by atoms with E-state index < -0.39 is 11.9 Å². The SMILES string of the molecule is O=C(NCC(O)c1ccc(Cl)c(F)c1)NCC1(C2CC2)CC1. The normalized spacial score (nSPS) is 20.3. The average molecular weight is 327 g/mol. The van der Waals surface area contributed by atoms with Crippen LogP contribution in [0.5, 0.6) is 0 Å². The number of aliphatic hydroxyl groups excluding tert-OH is 1. The van der Waals surface area contributed by atoms with Gasteiger partial charge in [0.1, 0.15) is 5.82 Å². The van der Waals surface area contributed by atoms with E-state index in [0.29, 0.717) is 17.5 Å². The van der Waals surface area contributed by atoms with Crippen LogP contribution in [0.2, 0.25) is 5.02 Å². The maximum absolute atomic E-state index is 13.3. The number of carbonyl (C=O) groups is 1. The summed E-state index contributed by atoms with van der Waals surface area (Å²) in [6.45, 7) is 0.735. The van der Waals surface area contributed by atoms with Crippen molar-refractivity contribution in [2.24, 2.45) is 11.3 Å². The quantitative estimate of drug-likeness (QED) is 0.752. The number of urea groups is 1. The van der Waals surface area contributed by atoms with Crippen molar-refractivity contribution >= 4 is 17.6 Å². The van der Waals surface area contributed by atoms with Crippen LogP contribution in [0, 0.1) is 17.2 Å². The van der Waals surface area contributed by atoms with Crippen LogP contribution in [0.1, 0.15) is 37.4 Å². The van der Waals surface area contributed by atoms with Crippen LogP contribution < -0.4 is 10.6 Å². The van der Waals surface area contributed by atoms with Crippen molar-refractivity contribution in [2.75, 3.05) is 13.1 Å². The Bertz CT molecular complexity index is 573. The number of nitrogens with one attached hydrogen (secondary N) is 2. The molecule has 1 aromatic rings. The number of aliphatic hydroxyl groups is 1. The maximum Gasteiger partial charge on any atom is 0.314 e. The smallest absolute Gasteiger partial charge is 0.314 e. The predicted molar refractivity (Wildman–Crippen MR) is 82.2 cm³/mol. The van der Waals surface area contributed by atoms with E-state index in [1.165, 1.54) is 37.8 Å². The summed E-state index contributed by atoms with van der Waals surface area (Å²) in [4.78, 5) is 11.8. The van der Waals surface area contributed by atoms with Gasteiger partial charge >= 0.3 is 6.03 Å². The lowest BCUT2D eigenvalue weighted by Crippen LogP contribution is -2.40. The van der Waals surface area contributed by atoms with Crippen LogP contribution in [0.25, 0.3) is 0 Å². The molecule has 2 aliphatic carbocycles. The fourth-order valence-corrected chi connectivity index (χ4v) is 3.05. The third-order valence-electron chi connectivity index (χ3n) is 4.72. The highest BCUT2D eigenvalue weighted by atomic mass is 35.5. The van der Waals surface area contributed by atoms with Gasteiger partial charge in [0.25, 0.3) is 0 Å². The second kappa shape index (κ2) is 6.05. The van der Waals surface area contributed by atoms with E-state index in [9.17, 15) is 14.3 Å². The molecule has 0 aliphatic heterocycles. The van der Waals surface area contributed by atoms with Crippen LogP contribution in [0.3, 0.4) is 0 Å². The highest BCUT2D eigenvalue weighted by Crippen LogP contribution is 2.60. The Morgan fingerprint density at radius 1 is 1.41 bits per heavy atom. The second-order valence-corrected chi connectivity index (χ2v) is 6.80. The first-order valence-electron chi connectivity index (χ1n) is 7.65. The Morgan fingerprint density at radius 2 is 2.14 bits per heavy atom. The first kappa shape index (κ1) is 15.6. The molecule has 0 radical (unpaired) electrons. The lowest BCUT2D eigenvalue weighted by molar-refractivity contribution is 0.172. The molecule has 2 fully saturated rings. The van der Waals surface area contributed by atoms with Gasteiger partial charge in [0.15, 0.2) is 0 Å². The van der Waals surface area contributed by atoms with Crippen LogP contribution in [0.15, 0.2) is 18.2 Å². The molecule has 2 aliphatic rings. The van der Waals surface area contributed by atoms with Gasteiger partial charge in [-0.05, 0) is 54.7 Å². The number of hydrogen-bond acceptors (Lipinski definition) is 2. The van der Waals surface area contributed by atoms with Crippen LogP contribution in [-0.2, 0) is 0 Å². The van der Waals surface area contributed by atoms with E-state index >= 15 is 0 Å². The Morgan fingerprint density at radius 3 is 2.73 bits per heavy atom. The van der Waals surface area contributed by atoms with E-state index in [4.69, 9.17) is 11.6 Å². The number of amides is 2. The van der Waals surface area contributed by atoms with E-state index in [0.717, 1.165) is 5.92 Å². The summed E-state index contributed by atoms with van der Waals surface area (Å²) in [5.74, 6) is 0.207. The minimum Gasteiger partial charge on any atom is -0.387 e. The fourth-order valence-electron chi connectivity index (χ4n) is 2.93. The number of hydrogen-bond donors (Lipinski definition) is 3. The zero-order valence-corrected chi connectivity index (χ0v) is 13.0. The summed E-state index contributed by atoms with van der Waals surface area (Å²) in [5.41, 5.74) is 0.730. The van der Waals surface area contributed by atoms with Gasteiger partial charge in [0.05, 0.1) is 11.1 Å². The highest BCUT2D eigenvalue weighted by molar-refractivity contribution is 6.30. The van der Waals surface area contributed by atoms with Crippen LogP contribution in [-0.4, -0.2) is 24.2 Å². The maximum atomic E-state index is 13.3. The molecule has 1 aromatic carbocycles. The summed E-state index contributed by atoms with van der Waals surface area (Å²) in [6, 6.07) is 3.82. The molecule has 2 saturated carbocycles. The van der Waals surface area contributed by atoms with Crippen molar-refractivity contribution in [3.63, 3.8) is 0 Å². The summed E-state index contributed by atoms with van der Waals surface area (Å²) >= 11 is 5.60. The number of halogens is 2.